The average Bonchev–Trinajstić information content (AvgIpc) is 2.75. The molecule has 4 heteroatoms. The Kier molecular flexibility index (Phi) is 4.70. The quantitative estimate of drug-likeness (QED) is 0.529. The van der Waals surface area contributed by atoms with E-state index in [9.17, 15) is 9.59 Å². The van der Waals surface area contributed by atoms with Crippen LogP contribution in [0, 0.1) is 0 Å². The van der Waals surface area contributed by atoms with Gasteiger partial charge in [0, 0.05) is 13.1 Å². The molecule has 2 heterocycles. The van der Waals surface area contributed by atoms with Gasteiger partial charge in [-0.1, -0.05) is 60.7 Å². The van der Waals surface area contributed by atoms with Gasteiger partial charge in [0.15, 0.2) is 0 Å². The number of fused-ring (bicyclic) bond motifs is 1. The SMILES string of the molecule is CCn1c(-c2ccccc2)cc2c(=O)n(CC)c(-c3ccccc3)cc2c1=O. The molecule has 0 aliphatic heterocycles. The smallest absolute Gasteiger partial charge is 0.259 e. The highest BCUT2D eigenvalue weighted by Crippen LogP contribution is 2.24. The molecule has 0 spiro atoms. The lowest BCUT2D eigenvalue weighted by atomic mass is 10.0. The molecule has 2 aromatic carbocycles. The van der Waals surface area contributed by atoms with Crippen molar-refractivity contribution in [1.82, 2.24) is 9.13 Å². The van der Waals surface area contributed by atoms with Crippen LogP contribution in [0.15, 0.2) is 82.4 Å². The minimum atomic E-state index is -0.128. The molecule has 0 saturated carbocycles. The lowest BCUT2D eigenvalue weighted by molar-refractivity contribution is 0.731. The highest BCUT2D eigenvalue weighted by molar-refractivity contribution is 5.87. The molecule has 0 fully saturated rings. The van der Waals surface area contributed by atoms with Gasteiger partial charge in [-0.25, -0.2) is 0 Å². The van der Waals surface area contributed by atoms with Crippen LogP contribution in [0.2, 0.25) is 0 Å². The minimum absolute atomic E-state index is 0.128. The Bertz CT molecular complexity index is 1150. The van der Waals surface area contributed by atoms with Crippen LogP contribution in [0.25, 0.3) is 33.3 Å². The first kappa shape index (κ1) is 18.0. The van der Waals surface area contributed by atoms with Gasteiger partial charge in [-0.3, -0.25) is 9.59 Å². The molecule has 0 radical (unpaired) electrons. The monoisotopic (exact) mass is 370 g/mol. The van der Waals surface area contributed by atoms with Crippen molar-refractivity contribution in [1.29, 1.82) is 0 Å². The predicted octanol–water partition coefficient (Wildman–Crippen LogP) is 4.54. The van der Waals surface area contributed by atoms with Gasteiger partial charge in [-0.15, -0.1) is 0 Å². The van der Waals surface area contributed by atoms with Crippen molar-refractivity contribution in [2.75, 3.05) is 0 Å². The van der Waals surface area contributed by atoms with E-state index in [-0.39, 0.29) is 11.1 Å². The fourth-order valence-electron chi connectivity index (χ4n) is 3.77. The van der Waals surface area contributed by atoms with Crippen LogP contribution in [-0.2, 0) is 13.1 Å². The molecular formula is C24H22N2O2. The Balaban J connectivity index is 2.12. The first-order valence-electron chi connectivity index (χ1n) is 9.58. The van der Waals surface area contributed by atoms with Gasteiger partial charge in [-0.05, 0) is 37.1 Å². The topological polar surface area (TPSA) is 44.0 Å². The van der Waals surface area contributed by atoms with Crippen LogP contribution in [-0.4, -0.2) is 9.13 Å². The van der Waals surface area contributed by atoms with Gasteiger partial charge in [0.1, 0.15) is 0 Å². The van der Waals surface area contributed by atoms with Crippen LogP contribution in [0.5, 0.6) is 0 Å². The fraction of sp³-hybridized carbons (Fsp3) is 0.167. The first-order chi connectivity index (χ1) is 13.7. The highest BCUT2D eigenvalue weighted by Gasteiger charge is 2.16. The van der Waals surface area contributed by atoms with E-state index in [4.69, 9.17) is 0 Å². The standard InChI is InChI=1S/C24H22N2O2/c1-3-25-21(17-11-7-5-8-12-17)15-20-19(23(25)27)16-22(26(4-2)24(20)28)18-13-9-6-10-14-18/h5-16H,3-4H2,1-2H3. The summed E-state index contributed by atoms with van der Waals surface area (Å²) in [7, 11) is 0. The van der Waals surface area contributed by atoms with Gasteiger partial charge >= 0.3 is 0 Å². The second-order valence-corrected chi connectivity index (χ2v) is 6.72. The van der Waals surface area contributed by atoms with Crippen molar-refractivity contribution in [2.45, 2.75) is 26.9 Å². The number of nitrogens with zero attached hydrogens (tertiary/aromatic N) is 2. The first-order valence-corrected chi connectivity index (χ1v) is 9.58. The maximum atomic E-state index is 13.3. The molecule has 4 nitrogen and oxygen atoms in total. The number of rotatable bonds is 4. The predicted molar refractivity (Wildman–Crippen MR) is 115 cm³/mol. The maximum absolute atomic E-state index is 13.3. The minimum Gasteiger partial charge on any atom is -0.308 e. The van der Waals surface area contributed by atoms with Crippen molar-refractivity contribution in [3.63, 3.8) is 0 Å². The number of hydrogen-bond acceptors (Lipinski definition) is 2. The van der Waals surface area contributed by atoms with Crippen molar-refractivity contribution in [3.8, 4) is 22.5 Å². The third kappa shape index (κ3) is 2.87. The zero-order chi connectivity index (χ0) is 19.7. The van der Waals surface area contributed by atoms with Crippen molar-refractivity contribution < 1.29 is 0 Å². The van der Waals surface area contributed by atoms with Crippen molar-refractivity contribution >= 4 is 10.8 Å². The van der Waals surface area contributed by atoms with Gasteiger partial charge in [0.2, 0.25) is 0 Å². The van der Waals surface area contributed by atoms with Crippen LogP contribution in [0.3, 0.4) is 0 Å². The molecule has 2 aromatic heterocycles. The molecule has 0 unspecified atom stereocenters. The van der Waals surface area contributed by atoms with E-state index >= 15 is 0 Å². The van der Waals surface area contributed by atoms with E-state index in [0.29, 0.717) is 23.9 Å². The van der Waals surface area contributed by atoms with Gasteiger partial charge in [-0.2, -0.15) is 0 Å². The number of pyridine rings is 2. The van der Waals surface area contributed by atoms with Gasteiger partial charge in [0.25, 0.3) is 11.1 Å². The molecule has 4 rings (SSSR count). The van der Waals surface area contributed by atoms with Crippen molar-refractivity contribution in [3.05, 3.63) is 93.5 Å². The van der Waals surface area contributed by atoms with Crippen LogP contribution in [0.1, 0.15) is 13.8 Å². The summed E-state index contributed by atoms with van der Waals surface area (Å²) in [5.74, 6) is 0. The summed E-state index contributed by atoms with van der Waals surface area (Å²) < 4.78 is 3.48. The molecule has 28 heavy (non-hydrogen) atoms. The Morgan fingerprint density at radius 3 is 1.29 bits per heavy atom. The summed E-state index contributed by atoms with van der Waals surface area (Å²) in [6.45, 7) is 4.98. The van der Waals surface area contributed by atoms with Gasteiger partial charge in [0.05, 0.1) is 22.2 Å². The molecule has 4 aromatic rings. The second kappa shape index (κ2) is 7.31. The highest BCUT2D eigenvalue weighted by atomic mass is 16.1. The zero-order valence-corrected chi connectivity index (χ0v) is 16.1. The van der Waals surface area contributed by atoms with Gasteiger partial charge < -0.3 is 9.13 Å². The third-order valence-electron chi connectivity index (χ3n) is 5.16. The molecule has 0 N–H and O–H groups in total. The molecule has 0 bridgehead atoms. The lowest BCUT2D eigenvalue weighted by Crippen LogP contribution is -2.27. The van der Waals surface area contributed by atoms with E-state index in [2.05, 4.69) is 0 Å². The molecule has 140 valence electrons. The summed E-state index contributed by atoms with van der Waals surface area (Å²) in [6.07, 6.45) is 0. The van der Waals surface area contributed by atoms with Crippen LogP contribution < -0.4 is 11.1 Å². The summed E-state index contributed by atoms with van der Waals surface area (Å²) >= 11 is 0. The number of hydrogen-bond donors (Lipinski definition) is 0. The summed E-state index contributed by atoms with van der Waals surface area (Å²) in [5.41, 5.74) is 3.14. The normalized spacial score (nSPS) is 11.1. The van der Waals surface area contributed by atoms with Crippen LogP contribution >= 0.6 is 0 Å². The average molecular weight is 370 g/mol. The Morgan fingerprint density at radius 1 is 0.607 bits per heavy atom. The van der Waals surface area contributed by atoms with E-state index in [1.807, 2.05) is 86.6 Å². The fourth-order valence-corrected chi connectivity index (χ4v) is 3.77. The number of benzene rings is 2. The molecule has 0 aliphatic rings. The summed E-state index contributed by atoms with van der Waals surface area (Å²) in [6, 6.07) is 23.2. The lowest BCUT2D eigenvalue weighted by Gasteiger charge is -2.16. The molecule has 0 amide bonds. The van der Waals surface area contributed by atoms with E-state index < -0.39 is 0 Å². The second-order valence-electron chi connectivity index (χ2n) is 6.72. The Morgan fingerprint density at radius 2 is 0.964 bits per heavy atom. The molecular weight excluding hydrogens is 348 g/mol. The summed E-state index contributed by atoms with van der Waals surface area (Å²) in [5, 5.41) is 0.935. The largest absolute Gasteiger partial charge is 0.308 e. The zero-order valence-electron chi connectivity index (χ0n) is 16.1. The number of aromatic nitrogens is 2. The van der Waals surface area contributed by atoms with E-state index in [1.54, 1.807) is 9.13 Å². The third-order valence-corrected chi connectivity index (χ3v) is 5.16. The molecule has 0 saturated heterocycles. The van der Waals surface area contributed by atoms with Crippen molar-refractivity contribution in [2.24, 2.45) is 0 Å². The Hall–Kier alpha value is -3.40. The maximum Gasteiger partial charge on any atom is 0.259 e. The Labute approximate surface area is 163 Å². The molecule has 0 aliphatic carbocycles. The van der Waals surface area contributed by atoms with E-state index in [0.717, 1.165) is 22.5 Å². The van der Waals surface area contributed by atoms with Crippen LogP contribution in [0.4, 0.5) is 0 Å². The molecule has 0 atom stereocenters. The summed E-state index contributed by atoms with van der Waals surface area (Å²) in [4.78, 5) is 26.6. The van der Waals surface area contributed by atoms with E-state index in [1.165, 1.54) is 0 Å².